The van der Waals surface area contributed by atoms with E-state index in [4.69, 9.17) is 0 Å². The van der Waals surface area contributed by atoms with E-state index >= 15 is 0 Å². The molecule has 0 aliphatic carbocycles. The van der Waals surface area contributed by atoms with Crippen LogP contribution in [0.3, 0.4) is 0 Å². The minimum absolute atomic E-state index is 0.0274. The van der Waals surface area contributed by atoms with Crippen LogP contribution in [-0.4, -0.2) is 39.9 Å². The summed E-state index contributed by atoms with van der Waals surface area (Å²) >= 11 is 0. The Hall–Kier alpha value is -1.86. The molecule has 1 aromatic heterocycles. The Morgan fingerprint density at radius 1 is 1.26 bits per heavy atom. The third-order valence-corrected chi connectivity index (χ3v) is 3.70. The van der Waals surface area contributed by atoms with E-state index in [-0.39, 0.29) is 17.9 Å². The zero-order valence-electron chi connectivity index (χ0n) is 13.4. The SMILES string of the molecule is CC(C)(C)C(=O)N1CCC(Nc2nccc(C(F)(F)F)n2)CC1. The Labute approximate surface area is 133 Å². The van der Waals surface area contributed by atoms with Crippen LogP contribution < -0.4 is 5.32 Å². The smallest absolute Gasteiger partial charge is 0.351 e. The third kappa shape index (κ3) is 4.56. The first-order valence-corrected chi connectivity index (χ1v) is 7.53. The minimum Gasteiger partial charge on any atom is -0.351 e. The van der Waals surface area contributed by atoms with Gasteiger partial charge in [-0.15, -0.1) is 0 Å². The first kappa shape index (κ1) is 17.5. The summed E-state index contributed by atoms with van der Waals surface area (Å²) in [6.07, 6.45) is -2.08. The number of anilines is 1. The summed E-state index contributed by atoms with van der Waals surface area (Å²) in [4.78, 5) is 21.3. The van der Waals surface area contributed by atoms with Gasteiger partial charge in [0.15, 0.2) is 0 Å². The summed E-state index contributed by atoms with van der Waals surface area (Å²) < 4.78 is 37.9. The van der Waals surface area contributed by atoms with Gasteiger partial charge in [0.1, 0.15) is 5.69 Å². The molecule has 2 heterocycles. The summed E-state index contributed by atoms with van der Waals surface area (Å²) in [7, 11) is 0. The predicted molar refractivity (Wildman–Crippen MR) is 79.7 cm³/mol. The molecular weight excluding hydrogens is 309 g/mol. The van der Waals surface area contributed by atoms with Crippen LogP contribution >= 0.6 is 0 Å². The highest BCUT2D eigenvalue weighted by atomic mass is 19.4. The second-order valence-corrected chi connectivity index (χ2v) is 6.72. The van der Waals surface area contributed by atoms with E-state index in [0.717, 1.165) is 12.3 Å². The highest BCUT2D eigenvalue weighted by molar-refractivity contribution is 5.81. The van der Waals surface area contributed by atoms with Gasteiger partial charge in [0.25, 0.3) is 0 Å². The molecule has 0 unspecified atom stereocenters. The van der Waals surface area contributed by atoms with Gasteiger partial charge in [0.2, 0.25) is 11.9 Å². The maximum Gasteiger partial charge on any atom is 0.433 e. The van der Waals surface area contributed by atoms with Gasteiger partial charge in [-0.3, -0.25) is 4.79 Å². The molecule has 1 aliphatic rings. The molecule has 0 atom stereocenters. The number of amides is 1. The number of likely N-dealkylation sites (tertiary alicyclic amines) is 1. The van der Waals surface area contributed by atoms with Gasteiger partial charge in [-0.2, -0.15) is 13.2 Å². The van der Waals surface area contributed by atoms with Crippen molar-refractivity contribution in [2.45, 2.75) is 45.8 Å². The summed E-state index contributed by atoms with van der Waals surface area (Å²) in [5.74, 6) is 0.0618. The number of rotatable bonds is 2. The van der Waals surface area contributed by atoms with Gasteiger partial charge in [0.05, 0.1) is 0 Å². The summed E-state index contributed by atoms with van der Waals surface area (Å²) in [5.41, 5.74) is -1.39. The van der Waals surface area contributed by atoms with E-state index in [1.165, 1.54) is 0 Å². The van der Waals surface area contributed by atoms with E-state index in [2.05, 4.69) is 15.3 Å². The van der Waals surface area contributed by atoms with Crippen LogP contribution in [0.15, 0.2) is 12.3 Å². The summed E-state index contributed by atoms with van der Waals surface area (Å²) in [5, 5.41) is 2.93. The lowest BCUT2D eigenvalue weighted by atomic mass is 9.93. The fourth-order valence-corrected chi connectivity index (χ4v) is 2.47. The maximum absolute atomic E-state index is 12.6. The molecule has 1 aliphatic heterocycles. The van der Waals surface area contributed by atoms with Crippen LogP contribution in [-0.2, 0) is 11.0 Å². The zero-order chi connectivity index (χ0) is 17.3. The topological polar surface area (TPSA) is 58.1 Å². The van der Waals surface area contributed by atoms with E-state index in [1.807, 2.05) is 20.8 Å². The number of nitrogens with zero attached hydrogens (tertiary/aromatic N) is 3. The molecule has 1 saturated heterocycles. The lowest BCUT2D eigenvalue weighted by Gasteiger charge is -2.36. The van der Waals surface area contributed by atoms with Crippen LogP contribution in [0.4, 0.5) is 19.1 Å². The molecule has 1 fully saturated rings. The number of hydrogen-bond donors (Lipinski definition) is 1. The summed E-state index contributed by atoms with van der Waals surface area (Å²) in [6.45, 7) is 6.77. The van der Waals surface area contributed by atoms with E-state index in [0.29, 0.717) is 25.9 Å². The standard InChI is InChI=1S/C15H21F3N4O/c1-14(2,3)12(23)22-8-5-10(6-9-22)20-13-19-7-4-11(21-13)15(16,17)18/h4,7,10H,5-6,8-9H2,1-3H3,(H,19,20,21). The lowest BCUT2D eigenvalue weighted by Crippen LogP contribution is -2.46. The average molecular weight is 330 g/mol. The van der Waals surface area contributed by atoms with Gasteiger partial charge in [-0.1, -0.05) is 20.8 Å². The summed E-state index contributed by atoms with van der Waals surface area (Å²) in [6, 6.07) is 0.804. The van der Waals surface area contributed by atoms with E-state index < -0.39 is 17.3 Å². The Balaban J connectivity index is 1.94. The van der Waals surface area contributed by atoms with Crippen molar-refractivity contribution in [3.8, 4) is 0 Å². The number of alkyl halides is 3. The normalized spacial score (nSPS) is 17.2. The number of aromatic nitrogens is 2. The van der Waals surface area contributed by atoms with E-state index in [9.17, 15) is 18.0 Å². The number of halogens is 3. The van der Waals surface area contributed by atoms with Crippen LogP contribution in [0.2, 0.25) is 0 Å². The van der Waals surface area contributed by atoms with Crippen molar-refractivity contribution in [2.75, 3.05) is 18.4 Å². The Morgan fingerprint density at radius 3 is 2.39 bits per heavy atom. The molecule has 128 valence electrons. The third-order valence-electron chi connectivity index (χ3n) is 3.70. The second kappa shape index (κ2) is 6.33. The molecule has 2 rings (SSSR count). The Kier molecular flexibility index (Phi) is 4.81. The number of piperidine rings is 1. The first-order valence-electron chi connectivity index (χ1n) is 7.53. The molecule has 8 heteroatoms. The monoisotopic (exact) mass is 330 g/mol. The molecule has 0 spiro atoms. The predicted octanol–water partition coefficient (Wildman–Crippen LogP) is 2.94. The number of carbonyl (C=O) groups excluding carboxylic acids is 1. The molecule has 0 saturated carbocycles. The Morgan fingerprint density at radius 2 is 1.87 bits per heavy atom. The van der Waals surface area contributed by atoms with Crippen molar-refractivity contribution in [2.24, 2.45) is 5.41 Å². The van der Waals surface area contributed by atoms with Crippen LogP contribution in [0.5, 0.6) is 0 Å². The van der Waals surface area contributed by atoms with Gasteiger partial charge in [-0.05, 0) is 18.9 Å². The minimum atomic E-state index is -4.48. The fraction of sp³-hybridized carbons (Fsp3) is 0.667. The fourth-order valence-electron chi connectivity index (χ4n) is 2.47. The van der Waals surface area contributed by atoms with Crippen LogP contribution in [0.1, 0.15) is 39.3 Å². The van der Waals surface area contributed by atoms with Gasteiger partial charge < -0.3 is 10.2 Å². The van der Waals surface area contributed by atoms with E-state index in [1.54, 1.807) is 4.90 Å². The lowest BCUT2D eigenvalue weighted by molar-refractivity contribution is -0.141. The second-order valence-electron chi connectivity index (χ2n) is 6.72. The largest absolute Gasteiger partial charge is 0.433 e. The van der Waals surface area contributed by atoms with Crippen molar-refractivity contribution in [1.82, 2.24) is 14.9 Å². The number of hydrogen-bond acceptors (Lipinski definition) is 4. The Bertz CT molecular complexity index is 561. The first-order chi connectivity index (χ1) is 10.6. The molecule has 0 radical (unpaired) electrons. The quantitative estimate of drug-likeness (QED) is 0.906. The van der Waals surface area contributed by atoms with Gasteiger partial charge in [-0.25, -0.2) is 9.97 Å². The highest BCUT2D eigenvalue weighted by Crippen LogP contribution is 2.28. The van der Waals surface area contributed by atoms with Gasteiger partial charge >= 0.3 is 6.18 Å². The molecule has 1 amide bonds. The van der Waals surface area contributed by atoms with Gasteiger partial charge in [0, 0.05) is 30.7 Å². The van der Waals surface area contributed by atoms with Crippen LogP contribution in [0, 0.1) is 5.41 Å². The number of carbonyl (C=O) groups is 1. The zero-order valence-corrected chi connectivity index (χ0v) is 13.4. The van der Waals surface area contributed by atoms with Crippen molar-refractivity contribution in [3.05, 3.63) is 18.0 Å². The van der Waals surface area contributed by atoms with Crippen LogP contribution in [0.25, 0.3) is 0 Å². The van der Waals surface area contributed by atoms with Crippen molar-refractivity contribution in [3.63, 3.8) is 0 Å². The van der Waals surface area contributed by atoms with Crippen molar-refractivity contribution >= 4 is 11.9 Å². The maximum atomic E-state index is 12.6. The molecule has 0 bridgehead atoms. The molecule has 23 heavy (non-hydrogen) atoms. The molecule has 1 aromatic rings. The molecule has 5 nitrogen and oxygen atoms in total. The molecular formula is C15H21F3N4O. The molecule has 0 aromatic carbocycles. The molecule has 1 N–H and O–H groups in total. The number of nitrogens with one attached hydrogen (secondary N) is 1. The highest BCUT2D eigenvalue weighted by Gasteiger charge is 2.33. The van der Waals surface area contributed by atoms with Crippen molar-refractivity contribution in [1.29, 1.82) is 0 Å². The van der Waals surface area contributed by atoms with Crippen molar-refractivity contribution < 1.29 is 18.0 Å². The average Bonchev–Trinajstić information content (AvgIpc) is 2.46.